The summed E-state index contributed by atoms with van der Waals surface area (Å²) >= 11 is 10.9. The topological polar surface area (TPSA) is 59.9 Å². The van der Waals surface area contributed by atoms with Crippen molar-refractivity contribution in [3.63, 3.8) is 0 Å². The van der Waals surface area contributed by atoms with Crippen LogP contribution in [-0.4, -0.2) is 17.9 Å². The number of hydrogen-bond acceptors (Lipinski definition) is 5. The first-order valence-corrected chi connectivity index (χ1v) is 9.64. The van der Waals surface area contributed by atoms with Crippen LogP contribution in [0.15, 0.2) is 44.7 Å². The van der Waals surface area contributed by atoms with E-state index < -0.39 is 0 Å². The van der Waals surface area contributed by atoms with E-state index >= 15 is 0 Å². The molecule has 0 saturated carbocycles. The van der Waals surface area contributed by atoms with Gasteiger partial charge in [-0.3, -0.25) is 4.79 Å². The number of ether oxygens (including phenoxy) is 2. The lowest BCUT2D eigenvalue weighted by molar-refractivity contribution is -0.115. The van der Waals surface area contributed by atoms with Crippen molar-refractivity contribution in [1.29, 1.82) is 0 Å². The molecule has 4 rings (SSSR count). The second-order valence-corrected chi connectivity index (χ2v) is 7.88. The average Bonchev–Trinajstić information content (AvgIpc) is 3.18. The minimum Gasteiger partial charge on any atom is -0.454 e. The third kappa shape index (κ3) is 3.34. The fourth-order valence-corrected chi connectivity index (χ4v) is 3.92. The second-order valence-electron chi connectivity index (χ2n) is 5.59. The summed E-state index contributed by atoms with van der Waals surface area (Å²) in [6.45, 7) is 2.09. The first-order chi connectivity index (χ1) is 12.5. The monoisotopic (exact) mass is 450 g/mol. The van der Waals surface area contributed by atoms with E-state index in [4.69, 9.17) is 21.1 Å². The van der Waals surface area contributed by atoms with Gasteiger partial charge in [-0.1, -0.05) is 33.6 Å². The van der Waals surface area contributed by atoms with E-state index in [2.05, 4.69) is 26.2 Å². The van der Waals surface area contributed by atoms with Crippen LogP contribution in [0, 0.1) is 6.92 Å². The van der Waals surface area contributed by atoms with Crippen LogP contribution in [0.4, 0.5) is 5.69 Å². The molecule has 26 heavy (non-hydrogen) atoms. The molecule has 2 aliphatic rings. The molecule has 0 unspecified atom stereocenters. The molecule has 2 aromatic rings. The summed E-state index contributed by atoms with van der Waals surface area (Å²) in [6, 6.07) is 9.16. The highest BCUT2D eigenvalue weighted by Crippen LogP contribution is 2.39. The van der Waals surface area contributed by atoms with Gasteiger partial charge in [-0.25, -0.2) is 4.99 Å². The Hall–Kier alpha value is -1.96. The van der Waals surface area contributed by atoms with Crippen LogP contribution in [0.3, 0.4) is 0 Å². The van der Waals surface area contributed by atoms with E-state index in [-0.39, 0.29) is 12.7 Å². The number of halogens is 2. The Labute approximate surface area is 167 Å². The van der Waals surface area contributed by atoms with E-state index in [9.17, 15) is 4.79 Å². The van der Waals surface area contributed by atoms with Gasteiger partial charge in [0.25, 0.3) is 5.91 Å². The molecular weight excluding hydrogens is 440 g/mol. The number of amides is 1. The Morgan fingerprint density at radius 1 is 1.31 bits per heavy atom. The molecule has 1 N–H and O–H groups in total. The molecule has 1 amide bonds. The van der Waals surface area contributed by atoms with Gasteiger partial charge in [0.1, 0.15) is 0 Å². The number of aliphatic imine (C=N–C) groups is 1. The summed E-state index contributed by atoms with van der Waals surface area (Å²) in [6.07, 6.45) is 1.79. The highest BCUT2D eigenvalue weighted by atomic mass is 79.9. The number of amidine groups is 1. The normalized spacial score (nSPS) is 18.7. The van der Waals surface area contributed by atoms with E-state index in [1.54, 1.807) is 6.08 Å². The van der Waals surface area contributed by atoms with Gasteiger partial charge in [0.2, 0.25) is 6.79 Å². The van der Waals surface area contributed by atoms with Crippen LogP contribution in [-0.2, 0) is 4.79 Å². The standard InChI is InChI=1S/C18H12BrClN2O3S/c1-9-12(20)3-2-4-13(9)21-18-22-17(23)16(26-18)6-10-5-14-15(7-11(10)19)25-8-24-14/h2-7H,8H2,1H3,(H,21,22,23)/b16-6-. The Morgan fingerprint density at radius 2 is 2.08 bits per heavy atom. The number of carbonyl (C=O) groups is 1. The van der Waals surface area contributed by atoms with Gasteiger partial charge >= 0.3 is 0 Å². The maximum atomic E-state index is 12.3. The first kappa shape index (κ1) is 17.5. The Balaban J connectivity index is 1.63. The molecule has 1 fully saturated rings. The van der Waals surface area contributed by atoms with Gasteiger partial charge in [-0.05, 0) is 60.2 Å². The van der Waals surface area contributed by atoms with Crippen LogP contribution in [0.2, 0.25) is 5.02 Å². The lowest BCUT2D eigenvalue weighted by Gasteiger charge is -2.03. The van der Waals surface area contributed by atoms with E-state index in [1.165, 1.54) is 11.8 Å². The van der Waals surface area contributed by atoms with E-state index in [0.29, 0.717) is 26.6 Å². The predicted molar refractivity (Wildman–Crippen MR) is 107 cm³/mol. The Kier molecular flexibility index (Phi) is 4.69. The second kappa shape index (κ2) is 6.98. The number of fused-ring (bicyclic) bond motifs is 1. The molecule has 0 aliphatic carbocycles. The van der Waals surface area contributed by atoms with Gasteiger partial charge < -0.3 is 14.8 Å². The minimum absolute atomic E-state index is 0.196. The van der Waals surface area contributed by atoms with Crippen LogP contribution in [0.5, 0.6) is 11.5 Å². The Bertz CT molecular complexity index is 991. The minimum atomic E-state index is -0.196. The number of carbonyl (C=O) groups excluding carboxylic acids is 1. The summed E-state index contributed by atoms with van der Waals surface area (Å²) in [4.78, 5) is 17.3. The predicted octanol–water partition coefficient (Wildman–Crippen LogP) is 5.03. The van der Waals surface area contributed by atoms with Crippen LogP contribution >= 0.6 is 39.3 Å². The molecule has 0 radical (unpaired) electrons. The molecule has 1 saturated heterocycles. The van der Waals surface area contributed by atoms with Crippen molar-refractivity contribution in [2.75, 3.05) is 6.79 Å². The van der Waals surface area contributed by atoms with Crippen molar-refractivity contribution in [3.8, 4) is 11.5 Å². The molecule has 2 aliphatic heterocycles. The van der Waals surface area contributed by atoms with Crippen molar-refractivity contribution in [2.24, 2.45) is 4.99 Å². The van der Waals surface area contributed by atoms with Crippen LogP contribution < -0.4 is 14.8 Å². The average molecular weight is 452 g/mol. The SMILES string of the molecule is Cc1c(Cl)cccc1N=C1NC(=O)/C(=C/c2cc3c(cc2Br)OCO3)S1. The Morgan fingerprint density at radius 3 is 2.88 bits per heavy atom. The molecular formula is C18H12BrClN2O3S. The van der Waals surface area contributed by atoms with E-state index in [0.717, 1.165) is 21.3 Å². The lowest BCUT2D eigenvalue weighted by Crippen LogP contribution is -2.19. The fraction of sp³-hybridized carbons (Fsp3) is 0.111. The first-order valence-electron chi connectivity index (χ1n) is 7.65. The van der Waals surface area contributed by atoms with Crippen molar-refractivity contribution < 1.29 is 14.3 Å². The van der Waals surface area contributed by atoms with Crippen molar-refractivity contribution in [3.05, 3.63) is 55.9 Å². The van der Waals surface area contributed by atoms with Gasteiger partial charge in [0.15, 0.2) is 16.7 Å². The third-order valence-corrected chi connectivity index (χ3v) is 5.90. The zero-order chi connectivity index (χ0) is 18.3. The van der Waals surface area contributed by atoms with Gasteiger partial charge in [-0.2, -0.15) is 0 Å². The summed E-state index contributed by atoms with van der Waals surface area (Å²) in [5.74, 6) is 1.14. The zero-order valence-corrected chi connectivity index (χ0v) is 16.7. The molecule has 0 atom stereocenters. The highest BCUT2D eigenvalue weighted by Gasteiger charge is 2.25. The maximum Gasteiger partial charge on any atom is 0.264 e. The number of rotatable bonds is 2. The highest BCUT2D eigenvalue weighted by molar-refractivity contribution is 9.10. The number of nitrogens with one attached hydrogen (secondary N) is 1. The molecule has 132 valence electrons. The molecule has 2 aromatic carbocycles. The number of thioether (sulfide) groups is 1. The molecule has 0 spiro atoms. The van der Waals surface area contributed by atoms with Gasteiger partial charge in [0, 0.05) is 9.50 Å². The van der Waals surface area contributed by atoms with Crippen molar-refractivity contribution in [2.45, 2.75) is 6.92 Å². The van der Waals surface area contributed by atoms with Crippen molar-refractivity contribution >= 4 is 62.1 Å². The smallest absolute Gasteiger partial charge is 0.264 e. The molecule has 2 heterocycles. The largest absolute Gasteiger partial charge is 0.454 e. The van der Waals surface area contributed by atoms with Gasteiger partial charge in [-0.15, -0.1) is 0 Å². The summed E-state index contributed by atoms with van der Waals surface area (Å²) in [5.41, 5.74) is 2.42. The lowest BCUT2D eigenvalue weighted by atomic mass is 10.2. The number of hydrogen-bond donors (Lipinski definition) is 1. The molecule has 0 bridgehead atoms. The zero-order valence-electron chi connectivity index (χ0n) is 13.5. The van der Waals surface area contributed by atoms with Crippen molar-refractivity contribution in [1.82, 2.24) is 5.32 Å². The summed E-state index contributed by atoms with van der Waals surface area (Å²) in [7, 11) is 0. The fourth-order valence-electron chi connectivity index (χ4n) is 2.49. The van der Waals surface area contributed by atoms with Gasteiger partial charge in [0.05, 0.1) is 10.6 Å². The third-order valence-electron chi connectivity index (χ3n) is 3.89. The molecule has 8 heteroatoms. The number of nitrogens with zero attached hydrogens (tertiary/aromatic N) is 1. The number of benzene rings is 2. The molecule has 5 nitrogen and oxygen atoms in total. The van der Waals surface area contributed by atoms with Crippen LogP contribution in [0.25, 0.3) is 6.08 Å². The molecule has 0 aromatic heterocycles. The quantitative estimate of drug-likeness (QED) is 0.651. The summed E-state index contributed by atoms with van der Waals surface area (Å²) in [5, 5.41) is 3.94. The maximum absolute atomic E-state index is 12.3. The van der Waals surface area contributed by atoms with Crippen LogP contribution in [0.1, 0.15) is 11.1 Å². The van der Waals surface area contributed by atoms with E-state index in [1.807, 2.05) is 37.3 Å². The summed E-state index contributed by atoms with van der Waals surface area (Å²) < 4.78 is 11.6.